The van der Waals surface area contributed by atoms with Crippen LogP contribution in [0.4, 0.5) is 10.6 Å². The number of carboxylic acid groups (broad SMARTS) is 1. The second kappa shape index (κ2) is 8.27. The van der Waals surface area contributed by atoms with E-state index in [2.05, 4.69) is 36.2 Å². The summed E-state index contributed by atoms with van der Waals surface area (Å²) in [4.78, 5) is 36.2. The molecular weight excluding hydrogens is 456 g/mol. The van der Waals surface area contributed by atoms with E-state index in [0.717, 1.165) is 0 Å². The Morgan fingerprint density at radius 2 is 2.07 bits per heavy atom. The molecule has 4 N–H and O–H groups in total. The minimum absolute atomic E-state index is 0.0593. The van der Waals surface area contributed by atoms with Gasteiger partial charge in [0.1, 0.15) is 18.0 Å². The highest BCUT2D eigenvalue weighted by molar-refractivity contribution is 9.10. The van der Waals surface area contributed by atoms with Crippen molar-refractivity contribution in [2.75, 3.05) is 5.73 Å². The van der Waals surface area contributed by atoms with Crippen molar-refractivity contribution >= 4 is 45.0 Å². The van der Waals surface area contributed by atoms with Gasteiger partial charge in [-0.3, -0.25) is 4.57 Å². The number of hydrogen-bond donors (Lipinski definition) is 3. The molecule has 10 nitrogen and oxygen atoms in total. The van der Waals surface area contributed by atoms with Crippen LogP contribution in [0.15, 0.2) is 35.3 Å². The fourth-order valence-corrected chi connectivity index (χ4v) is 3.37. The molecular formula is C19H21BrN6O4. The predicted molar refractivity (Wildman–Crippen MR) is 113 cm³/mol. The summed E-state index contributed by atoms with van der Waals surface area (Å²) in [6.45, 7) is 5.11. The van der Waals surface area contributed by atoms with E-state index in [1.165, 1.54) is 6.33 Å². The number of nitrogens with zero attached hydrogens (tertiary/aromatic N) is 4. The zero-order valence-electron chi connectivity index (χ0n) is 16.6. The smallest absolute Gasteiger partial charge is 0.408 e. The molecule has 158 valence electrons. The molecule has 1 aromatic carbocycles. The largest absolute Gasteiger partial charge is 0.480 e. The molecule has 2 aromatic heterocycles. The highest BCUT2D eigenvalue weighted by atomic mass is 79.9. The number of anilines is 1. The van der Waals surface area contributed by atoms with Crippen molar-refractivity contribution in [1.82, 2.24) is 24.8 Å². The van der Waals surface area contributed by atoms with E-state index in [0.29, 0.717) is 27.1 Å². The number of amides is 1. The van der Waals surface area contributed by atoms with Gasteiger partial charge in [-0.1, -0.05) is 12.1 Å². The molecule has 1 atom stereocenters. The molecule has 0 saturated carbocycles. The van der Waals surface area contributed by atoms with Crippen molar-refractivity contribution in [3.8, 4) is 5.69 Å². The second-order valence-corrected chi connectivity index (χ2v) is 8.27. The zero-order chi connectivity index (χ0) is 22.1. The minimum Gasteiger partial charge on any atom is -0.480 e. The second-order valence-electron chi connectivity index (χ2n) is 7.56. The van der Waals surface area contributed by atoms with Crippen LogP contribution in [-0.2, 0) is 16.0 Å². The van der Waals surface area contributed by atoms with Crippen molar-refractivity contribution < 1.29 is 19.4 Å². The van der Waals surface area contributed by atoms with E-state index < -0.39 is 23.7 Å². The van der Waals surface area contributed by atoms with Crippen LogP contribution in [0.1, 0.15) is 26.3 Å². The van der Waals surface area contributed by atoms with E-state index in [4.69, 9.17) is 10.5 Å². The lowest BCUT2D eigenvalue weighted by Gasteiger charge is -2.22. The standard InChI is InChI=1S/C19H21BrN6O4/c1-19(2,3)30-18(29)24-12(16(27)28)8-10-5-4-6-11(7-10)26-15-13(25-17(26)20)14(21)22-9-23-15/h4-7,9,12H,8H2,1-3H3,(H,24,29)(H,27,28)(H2,21,22,23)/t12-/m0/s1. The first-order chi connectivity index (χ1) is 14.0. The van der Waals surface area contributed by atoms with Gasteiger partial charge in [0.15, 0.2) is 21.7 Å². The van der Waals surface area contributed by atoms with Gasteiger partial charge in [0.2, 0.25) is 0 Å². The average Bonchev–Trinajstić information content (AvgIpc) is 2.97. The zero-order valence-corrected chi connectivity index (χ0v) is 18.2. The average molecular weight is 477 g/mol. The Kier molecular flexibility index (Phi) is 5.92. The number of nitrogens with one attached hydrogen (secondary N) is 1. The molecule has 0 fully saturated rings. The number of ether oxygens (including phenoxy) is 1. The molecule has 0 unspecified atom stereocenters. The van der Waals surface area contributed by atoms with Gasteiger partial charge in [-0.05, 0) is 54.4 Å². The number of imidazole rings is 1. The SMILES string of the molecule is CC(C)(C)OC(=O)N[C@@H](Cc1cccc(-n2c(Br)nc3c(N)ncnc32)c1)C(=O)O. The monoisotopic (exact) mass is 476 g/mol. The van der Waals surface area contributed by atoms with E-state index in [9.17, 15) is 14.7 Å². The summed E-state index contributed by atoms with van der Waals surface area (Å²) in [7, 11) is 0. The van der Waals surface area contributed by atoms with Crippen LogP contribution in [0.25, 0.3) is 16.9 Å². The van der Waals surface area contributed by atoms with Crippen molar-refractivity contribution in [3.05, 3.63) is 40.9 Å². The van der Waals surface area contributed by atoms with Gasteiger partial charge in [0, 0.05) is 12.1 Å². The number of nitrogens with two attached hydrogens (primary N) is 1. The lowest BCUT2D eigenvalue weighted by atomic mass is 10.1. The molecule has 0 radical (unpaired) electrons. The number of benzene rings is 1. The van der Waals surface area contributed by atoms with Crippen LogP contribution in [-0.4, -0.2) is 48.3 Å². The summed E-state index contributed by atoms with van der Waals surface area (Å²) in [6.07, 6.45) is 0.614. The van der Waals surface area contributed by atoms with Crippen LogP contribution < -0.4 is 11.1 Å². The number of fused-ring (bicyclic) bond motifs is 1. The Morgan fingerprint density at radius 3 is 2.73 bits per heavy atom. The molecule has 0 aliphatic heterocycles. The van der Waals surface area contributed by atoms with Crippen LogP contribution in [0.3, 0.4) is 0 Å². The Labute approximate surface area is 180 Å². The molecule has 0 bridgehead atoms. The van der Waals surface area contributed by atoms with Crippen molar-refractivity contribution in [1.29, 1.82) is 0 Å². The first-order valence-corrected chi connectivity index (χ1v) is 9.80. The fraction of sp³-hybridized carbons (Fsp3) is 0.316. The van der Waals surface area contributed by atoms with Crippen molar-refractivity contribution in [2.45, 2.75) is 38.8 Å². The summed E-state index contributed by atoms with van der Waals surface area (Å²) in [6, 6.07) is 6.00. The maximum atomic E-state index is 12.0. The number of aromatic nitrogens is 4. The quantitative estimate of drug-likeness (QED) is 0.476. The van der Waals surface area contributed by atoms with E-state index in [1.807, 2.05) is 6.07 Å². The number of carboxylic acids is 1. The van der Waals surface area contributed by atoms with Crippen LogP contribution in [0.5, 0.6) is 0 Å². The molecule has 2 heterocycles. The third-order valence-electron chi connectivity index (χ3n) is 4.03. The molecule has 0 aliphatic carbocycles. The van der Waals surface area contributed by atoms with Gasteiger partial charge in [-0.25, -0.2) is 24.5 Å². The summed E-state index contributed by atoms with van der Waals surface area (Å²) in [5.41, 5.74) is 7.48. The van der Waals surface area contributed by atoms with Gasteiger partial charge >= 0.3 is 12.1 Å². The Hall–Kier alpha value is -3.21. The first-order valence-electron chi connectivity index (χ1n) is 9.01. The summed E-state index contributed by atoms with van der Waals surface area (Å²) >= 11 is 3.40. The number of carbonyl (C=O) groups excluding carboxylic acids is 1. The maximum Gasteiger partial charge on any atom is 0.408 e. The highest BCUT2D eigenvalue weighted by Crippen LogP contribution is 2.26. The van der Waals surface area contributed by atoms with Crippen LogP contribution in [0.2, 0.25) is 0 Å². The Bertz CT molecular complexity index is 1110. The van der Waals surface area contributed by atoms with Crippen LogP contribution >= 0.6 is 15.9 Å². The van der Waals surface area contributed by atoms with Gasteiger partial charge in [0.25, 0.3) is 0 Å². The molecule has 11 heteroatoms. The number of alkyl carbamates (subject to hydrolysis) is 1. The third kappa shape index (κ3) is 4.85. The van der Waals surface area contributed by atoms with Crippen molar-refractivity contribution in [3.63, 3.8) is 0 Å². The van der Waals surface area contributed by atoms with Gasteiger partial charge in [0.05, 0.1) is 0 Å². The predicted octanol–water partition coefficient (Wildman–Crippen LogP) is 2.68. The Balaban J connectivity index is 1.88. The first kappa shape index (κ1) is 21.5. The summed E-state index contributed by atoms with van der Waals surface area (Å²) in [5, 5.41) is 11.9. The summed E-state index contributed by atoms with van der Waals surface area (Å²) in [5.74, 6) is -0.913. The Morgan fingerprint density at radius 1 is 1.33 bits per heavy atom. The number of carbonyl (C=O) groups is 2. The van der Waals surface area contributed by atoms with Gasteiger partial charge in [-0.2, -0.15) is 0 Å². The molecule has 3 rings (SSSR count). The van der Waals surface area contributed by atoms with Gasteiger partial charge in [-0.15, -0.1) is 0 Å². The molecule has 0 spiro atoms. The van der Waals surface area contributed by atoms with E-state index >= 15 is 0 Å². The van der Waals surface area contributed by atoms with Crippen LogP contribution in [0, 0.1) is 0 Å². The molecule has 3 aromatic rings. The van der Waals surface area contributed by atoms with Crippen molar-refractivity contribution in [2.24, 2.45) is 0 Å². The van der Waals surface area contributed by atoms with Gasteiger partial charge < -0.3 is 20.9 Å². The van der Waals surface area contributed by atoms with E-state index in [1.54, 1.807) is 43.5 Å². The number of halogens is 1. The molecule has 0 saturated heterocycles. The number of aliphatic carboxylic acids is 1. The summed E-state index contributed by atoms with van der Waals surface area (Å²) < 4.78 is 7.36. The fourth-order valence-electron chi connectivity index (χ4n) is 2.82. The minimum atomic E-state index is -1.17. The lowest BCUT2D eigenvalue weighted by molar-refractivity contribution is -0.139. The maximum absolute atomic E-state index is 12.0. The number of nitrogen functional groups attached to an aromatic ring is 1. The third-order valence-corrected chi connectivity index (χ3v) is 4.56. The molecule has 30 heavy (non-hydrogen) atoms. The topological polar surface area (TPSA) is 145 Å². The normalized spacial score (nSPS) is 12.5. The molecule has 1 amide bonds. The highest BCUT2D eigenvalue weighted by Gasteiger charge is 2.24. The molecule has 0 aliphatic rings. The number of rotatable bonds is 5. The number of hydrogen-bond acceptors (Lipinski definition) is 7. The lowest BCUT2D eigenvalue weighted by Crippen LogP contribution is -2.44. The van der Waals surface area contributed by atoms with E-state index in [-0.39, 0.29) is 12.2 Å².